The normalized spacial score (nSPS) is 9.90. The molecule has 0 atom stereocenters. The second-order valence-electron chi connectivity index (χ2n) is 4.59. The van der Waals surface area contributed by atoms with Gasteiger partial charge in [-0.25, -0.2) is 0 Å². The minimum absolute atomic E-state index is 0.235. The van der Waals surface area contributed by atoms with E-state index in [0.717, 1.165) is 18.5 Å². The zero-order valence-corrected chi connectivity index (χ0v) is 11.9. The second kappa shape index (κ2) is 7.10. The first kappa shape index (κ1) is 14.6. The summed E-state index contributed by atoms with van der Waals surface area (Å²) in [5, 5.41) is 15.1. The van der Waals surface area contributed by atoms with Crippen molar-refractivity contribution >= 4 is 17.6 Å². The summed E-state index contributed by atoms with van der Waals surface area (Å²) in [6.07, 6.45) is 1.01. The molecule has 6 nitrogen and oxygen atoms in total. The molecule has 0 saturated heterocycles. The Bertz CT molecular complexity index is 630. The molecule has 2 aromatic rings. The van der Waals surface area contributed by atoms with Gasteiger partial charge in [-0.2, -0.15) is 15.2 Å². The number of aromatic nitrogens is 2. The third-order valence-corrected chi connectivity index (χ3v) is 2.86. The SMILES string of the molecule is CCCNc1cc(NCc2ccc(C#N)cc2)nc(N)n1. The van der Waals surface area contributed by atoms with Crippen LogP contribution in [-0.2, 0) is 6.54 Å². The molecule has 0 aliphatic rings. The van der Waals surface area contributed by atoms with Crippen LogP contribution in [0.2, 0.25) is 0 Å². The number of rotatable bonds is 6. The molecule has 1 aromatic carbocycles. The van der Waals surface area contributed by atoms with E-state index in [-0.39, 0.29) is 5.95 Å². The van der Waals surface area contributed by atoms with Crippen LogP contribution in [0.25, 0.3) is 0 Å². The lowest BCUT2D eigenvalue weighted by atomic mass is 10.1. The van der Waals surface area contributed by atoms with Gasteiger partial charge in [0.15, 0.2) is 0 Å². The van der Waals surface area contributed by atoms with Crippen LogP contribution < -0.4 is 16.4 Å². The van der Waals surface area contributed by atoms with Crippen molar-refractivity contribution < 1.29 is 0 Å². The van der Waals surface area contributed by atoms with Gasteiger partial charge in [0.1, 0.15) is 11.6 Å². The van der Waals surface area contributed by atoms with Crippen molar-refractivity contribution in [3.63, 3.8) is 0 Å². The fourth-order valence-electron chi connectivity index (χ4n) is 1.79. The zero-order valence-electron chi connectivity index (χ0n) is 11.9. The number of nitrogens with one attached hydrogen (secondary N) is 2. The summed E-state index contributed by atoms with van der Waals surface area (Å²) in [7, 11) is 0. The van der Waals surface area contributed by atoms with E-state index in [1.165, 1.54) is 0 Å². The molecule has 108 valence electrons. The van der Waals surface area contributed by atoms with Gasteiger partial charge in [0, 0.05) is 19.2 Å². The van der Waals surface area contributed by atoms with Crippen LogP contribution in [0.15, 0.2) is 30.3 Å². The van der Waals surface area contributed by atoms with Crippen LogP contribution in [0.4, 0.5) is 17.6 Å². The topological polar surface area (TPSA) is 99.6 Å². The highest BCUT2D eigenvalue weighted by molar-refractivity contribution is 5.51. The molecule has 4 N–H and O–H groups in total. The van der Waals surface area contributed by atoms with Gasteiger partial charge in [-0.05, 0) is 24.1 Å². The molecule has 0 fully saturated rings. The Kier molecular flexibility index (Phi) is 4.94. The van der Waals surface area contributed by atoms with Gasteiger partial charge in [-0.1, -0.05) is 19.1 Å². The number of anilines is 3. The third-order valence-electron chi connectivity index (χ3n) is 2.86. The molecule has 6 heteroatoms. The first-order chi connectivity index (χ1) is 10.2. The minimum Gasteiger partial charge on any atom is -0.370 e. The molecule has 1 heterocycles. The molecule has 0 bridgehead atoms. The Morgan fingerprint density at radius 2 is 1.81 bits per heavy atom. The second-order valence-corrected chi connectivity index (χ2v) is 4.59. The highest BCUT2D eigenvalue weighted by Gasteiger charge is 2.02. The zero-order chi connectivity index (χ0) is 15.1. The standard InChI is InChI=1S/C15H18N6/c1-2-7-18-13-8-14(21-15(17)20-13)19-10-12-5-3-11(9-16)4-6-12/h3-6,8H,2,7,10H2,1H3,(H4,17,18,19,20,21). The number of nitriles is 1. The summed E-state index contributed by atoms with van der Waals surface area (Å²) in [4.78, 5) is 8.28. The average molecular weight is 282 g/mol. The third kappa shape index (κ3) is 4.35. The van der Waals surface area contributed by atoms with E-state index in [9.17, 15) is 0 Å². The lowest BCUT2D eigenvalue weighted by Crippen LogP contribution is -2.08. The largest absolute Gasteiger partial charge is 0.370 e. The van der Waals surface area contributed by atoms with E-state index >= 15 is 0 Å². The van der Waals surface area contributed by atoms with Crippen molar-refractivity contribution in [3.05, 3.63) is 41.5 Å². The smallest absolute Gasteiger partial charge is 0.223 e. The van der Waals surface area contributed by atoms with Gasteiger partial charge >= 0.3 is 0 Å². The van der Waals surface area contributed by atoms with Crippen LogP contribution in [0.5, 0.6) is 0 Å². The first-order valence-corrected chi connectivity index (χ1v) is 6.82. The fourth-order valence-corrected chi connectivity index (χ4v) is 1.79. The van der Waals surface area contributed by atoms with Crippen molar-refractivity contribution in [2.24, 2.45) is 0 Å². The quantitative estimate of drug-likeness (QED) is 0.752. The molecule has 0 aliphatic carbocycles. The van der Waals surface area contributed by atoms with E-state index < -0.39 is 0 Å². The van der Waals surface area contributed by atoms with Gasteiger partial charge in [0.25, 0.3) is 0 Å². The number of nitrogen functional groups attached to an aromatic ring is 1. The molecule has 2 rings (SSSR count). The molecule has 0 saturated carbocycles. The van der Waals surface area contributed by atoms with E-state index in [4.69, 9.17) is 11.0 Å². The van der Waals surface area contributed by atoms with Gasteiger partial charge in [-0.3, -0.25) is 0 Å². The molecule has 0 amide bonds. The van der Waals surface area contributed by atoms with Crippen LogP contribution >= 0.6 is 0 Å². The van der Waals surface area contributed by atoms with Gasteiger partial charge in [0.05, 0.1) is 11.6 Å². The summed E-state index contributed by atoms with van der Waals surface area (Å²) in [6, 6.07) is 11.3. The fraction of sp³-hybridized carbons (Fsp3) is 0.267. The van der Waals surface area contributed by atoms with E-state index in [1.807, 2.05) is 18.2 Å². The van der Waals surface area contributed by atoms with E-state index in [2.05, 4.69) is 33.6 Å². The molecule has 1 aromatic heterocycles. The summed E-state index contributed by atoms with van der Waals surface area (Å²) >= 11 is 0. The summed E-state index contributed by atoms with van der Waals surface area (Å²) < 4.78 is 0. The predicted molar refractivity (Wildman–Crippen MR) is 83.7 cm³/mol. The van der Waals surface area contributed by atoms with Crippen LogP contribution in [-0.4, -0.2) is 16.5 Å². The van der Waals surface area contributed by atoms with E-state index in [1.54, 1.807) is 12.1 Å². The lowest BCUT2D eigenvalue weighted by molar-refractivity contribution is 0.965. The lowest BCUT2D eigenvalue weighted by Gasteiger charge is -2.09. The summed E-state index contributed by atoms with van der Waals surface area (Å²) in [5.41, 5.74) is 7.41. The van der Waals surface area contributed by atoms with E-state index in [0.29, 0.717) is 23.7 Å². The van der Waals surface area contributed by atoms with Gasteiger partial charge < -0.3 is 16.4 Å². The maximum absolute atomic E-state index is 8.76. The predicted octanol–water partition coefficient (Wildman–Crippen LogP) is 2.36. The van der Waals surface area contributed by atoms with Crippen molar-refractivity contribution in [2.45, 2.75) is 19.9 Å². The van der Waals surface area contributed by atoms with Crippen molar-refractivity contribution in [3.8, 4) is 6.07 Å². The van der Waals surface area contributed by atoms with Gasteiger partial charge in [0.2, 0.25) is 5.95 Å². The Labute approximate surface area is 124 Å². The number of hydrogen-bond acceptors (Lipinski definition) is 6. The van der Waals surface area contributed by atoms with Crippen LogP contribution in [0.3, 0.4) is 0 Å². The molecular weight excluding hydrogens is 264 g/mol. The Morgan fingerprint density at radius 1 is 1.14 bits per heavy atom. The number of nitrogens with zero attached hydrogens (tertiary/aromatic N) is 3. The van der Waals surface area contributed by atoms with Crippen LogP contribution in [0, 0.1) is 11.3 Å². The monoisotopic (exact) mass is 282 g/mol. The summed E-state index contributed by atoms with van der Waals surface area (Å²) in [5.74, 6) is 1.62. The Hall–Kier alpha value is -2.81. The van der Waals surface area contributed by atoms with Crippen molar-refractivity contribution in [1.29, 1.82) is 5.26 Å². The van der Waals surface area contributed by atoms with Crippen LogP contribution in [0.1, 0.15) is 24.5 Å². The highest BCUT2D eigenvalue weighted by Crippen LogP contribution is 2.14. The molecular formula is C15H18N6. The highest BCUT2D eigenvalue weighted by atomic mass is 15.1. The average Bonchev–Trinajstić information content (AvgIpc) is 2.51. The molecule has 0 aliphatic heterocycles. The number of benzene rings is 1. The minimum atomic E-state index is 0.235. The maximum atomic E-state index is 8.76. The van der Waals surface area contributed by atoms with Crippen molar-refractivity contribution in [1.82, 2.24) is 9.97 Å². The number of nitrogens with two attached hydrogens (primary N) is 1. The van der Waals surface area contributed by atoms with Gasteiger partial charge in [-0.15, -0.1) is 0 Å². The maximum Gasteiger partial charge on any atom is 0.223 e. The molecule has 0 radical (unpaired) electrons. The van der Waals surface area contributed by atoms with Crippen molar-refractivity contribution in [2.75, 3.05) is 22.9 Å². The summed E-state index contributed by atoms with van der Waals surface area (Å²) in [6.45, 7) is 3.53. The molecule has 21 heavy (non-hydrogen) atoms. The Morgan fingerprint density at radius 3 is 2.43 bits per heavy atom. The molecule has 0 unspecified atom stereocenters. The Balaban J connectivity index is 2.01. The number of hydrogen-bond donors (Lipinski definition) is 3. The molecule has 0 spiro atoms. The first-order valence-electron chi connectivity index (χ1n) is 6.82.